The Hall–Kier alpha value is -2.03. The van der Waals surface area contributed by atoms with Gasteiger partial charge in [0.25, 0.3) is 0 Å². The Morgan fingerprint density at radius 3 is 2.56 bits per heavy atom. The summed E-state index contributed by atoms with van der Waals surface area (Å²) in [5, 5.41) is 0. The number of methoxy groups -OCH3 is 1. The van der Waals surface area contributed by atoms with Crippen molar-refractivity contribution in [3.8, 4) is 0 Å². The topological polar surface area (TPSA) is 35.5 Å². The van der Waals surface area contributed by atoms with Gasteiger partial charge in [0, 0.05) is 5.92 Å². The molecule has 3 nitrogen and oxygen atoms in total. The van der Waals surface area contributed by atoms with Crippen molar-refractivity contribution in [1.82, 2.24) is 0 Å². The Kier molecular flexibility index (Phi) is 7.90. The van der Waals surface area contributed by atoms with Crippen LogP contribution in [-0.4, -0.2) is 19.2 Å². The van der Waals surface area contributed by atoms with E-state index in [2.05, 4.69) is 71.0 Å². The number of carbonyl (C=O) groups excluding carboxylic acids is 1. The molecule has 3 heteroatoms. The number of rotatable bonds is 8. The van der Waals surface area contributed by atoms with Crippen molar-refractivity contribution in [1.29, 1.82) is 0 Å². The molecule has 0 aromatic heterocycles. The van der Waals surface area contributed by atoms with Gasteiger partial charge in [-0.2, -0.15) is 0 Å². The van der Waals surface area contributed by atoms with Crippen LogP contribution in [-0.2, 0) is 19.7 Å². The van der Waals surface area contributed by atoms with Crippen molar-refractivity contribution < 1.29 is 14.3 Å². The maximum absolute atomic E-state index is 13.9. The average molecular weight is 439 g/mol. The summed E-state index contributed by atoms with van der Waals surface area (Å²) in [7, 11) is 1.67. The number of hydrogen-bond donors (Lipinski definition) is 0. The van der Waals surface area contributed by atoms with Crippen LogP contribution in [0.25, 0.3) is 0 Å². The molecule has 1 fully saturated rings. The summed E-state index contributed by atoms with van der Waals surface area (Å²) in [6.45, 7) is 11.3. The van der Waals surface area contributed by atoms with E-state index in [0.717, 1.165) is 31.4 Å². The maximum atomic E-state index is 13.9. The fraction of sp³-hybridized carbons (Fsp3) is 0.621. The summed E-state index contributed by atoms with van der Waals surface area (Å²) in [5.41, 5.74) is 0.435. The van der Waals surface area contributed by atoms with Gasteiger partial charge in [-0.3, -0.25) is 4.79 Å². The van der Waals surface area contributed by atoms with Gasteiger partial charge in [-0.1, -0.05) is 83.5 Å². The SMILES string of the molecule is COC1=CCC=CC1(CCC(C)C)C(=O)O[C@@H]1C[C@H](C)CC[C@H]1C(C)(C)c1ccccc1. The van der Waals surface area contributed by atoms with Crippen molar-refractivity contribution in [3.05, 3.63) is 59.9 Å². The molecule has 1 saturated carbocycles. The summed E-state index contributed by atoms with van der Waals surface area (Å²) >= 11 is 0. The van der Waals surface area contributed by atoms with Gasteiger partial charge in [-0.15, -0.1) is 0 Å². The standard InChI is InChI=1S/C29H42O3/c1-21(2)17-19-29(18-11-10-14-26(29)31-6)27(30)32-25-20-22(3)15-16-24(25)28(4,5)23-12-8-7-9-13-23/h7-9,11-14,18,21-22,24-25H,10,15-17,19-20H2,1-6H3/t22-,24-,25-,29?/m1/s1. The van der Waals surface area contributed by atoms with Gasteiger partial charge < -0.3 is 9.47 Å². The molecule has 0 N–H and O–H groups in total. The molecule has 0 spiro atoms. The summed E-state index contributed by atoms with van der Waals surface area (Å²) in [5.74, 6) is 1.95. The molecule has 176 valence electrons. The third kappa shape index (κ3) is 5.13. The molecule has 1 unspecified atom stereocenters. The van der Waals surface area contributed by atoms with Gasteiger partial charge in [0.15, 0.2) is 0 Å². The number of esters is 1. The van der Waals surface area contributed by atoms with E-state index in [0.29, 0.717) is 18.3 Å². The van der Waals surface area contributed by atoms with Crippen molar-refractivity contribution in [2.24, 2.45) is 23.2 Å². The minimum Gasteiger partial charge on any atom is -0.500 e. The van der Waals surface area contributed by atoms with Crippen LogP contribution in [0, 0.1) is 23.2 Å². The summed E-state index contributed by atoms with van der Waals surface area (Å²) in [6, 6.07) is 10.7. The third-order valence-electron chi connectivity index (χ3n) is 7.74. The predicted octanol–water partition coefficient (Wildman–Crippen LogP) is 7.23. The molecule has 4 atom stereocenters. The van der Waals surface area contributed by atoms with E-state index in [4.69, 9.17) is 9.47 Å². The fourth-order valence-corrected chi connectivity index (χ4v) is 5.58. The van der Waals surface area contributed by atoms with Crippen molar-refractivity contribution >= 4 is 5.97 Å². The van der Waals surface area contributed by atoms with E-state index >= 15 is 0 Å². The van der Waals surface area contributed by atoms with Gasteiger partial charge in [-0.05, 0) is 61.0 Å². The van der Waals surface area contributed by atoms with Crippen molar-refractivity contribution in [3.63, 3.8) is 0 Å². The Morgan fingerprint density at radius 2 is 1.91 bits per heavy atom. The van der Waals surface area contributed by atoms with Crippen LogP contribution in [0.1, 0.15) is 78.7 Å². The van der Waals surface area contributed by atoms with E-state index in [-0.39, 0.29) is 23.4 Å². The number of ether oxygens (including phenoxy) is 2. The van der Waals surface area contributed by atoms with Gasteiger partial charge >= 0.3 is 5.97 Å². The van der Waals surface area contributed by atoms with E-state index in [1.165, 1.54) is 12.0 Å². The second-order valence-electron chi connectivity index (χ2n) is 10.9. The molecule has 3 rings (SSSR count). The summed E-state index contributed by atoms with van der Waals surface area (Å²) in [6.07, 6.45) is 11.7. The molecular formula is C29H42O3. The zero-order chi connectivity index (χ0) is 23.4. The van der Waals surface area contributed by atoms with E-state index in [9.17, 15) is 4.79 Å². The van der Waals surface area contributed by atoms with Crippen LogP contribution < -0.4 is 0 Å². The third-order valence-corrected chi connectivity index (χ3v) is 7.74. The molecule has 0 heterocycles. The lowest BCUT2D eigenvalue weighted by atomic mass is 9.64. The lowest BCUT2D eigenvalue weighted by Gasteiger charge is -2.45. The zero-order valence-electron chi connectivity index (χ0n) is 20.9. The highest BCUT2D eigenvalue weighted by atomic mass is 16.5. The first-order valence-corrected chi connectivity index (χ1v) is 12.4. The molecule has 0 bridgehead atoms. The molecule has 0 saturated heterocycles. The first-order chi connectivity index (χ1) is 15.2. The van der Waals surface area contributed by atoms with Crippen LogP contribution in [0.15, 0.2) is 54.3 Å². The number of carbonyl (C=O) groups is 1. The highest BCUT2D eigenvalue weighted by Crippen LogP contribution is 2.46. The first kappa shape index (κ1) is 24.6. The number of allylic oxidation sites excluding steroid dienone is 2. The second-order valence-corrected chi connectivity index (χ2v) is 10.9. The quantitative estimate of drug-likeness (QED) is 0.317. The first-order valence-electron chi connectivity index (χ1n) is 12.4. The Labute approximate surface area is 195 Å². The van der Waals surface area contributed by atoms with Crippen LogP contribution in [0.4, 0.5) is 0 Å². The molecule has 1 aromatic carbocycles. The number of benzene rings is 1. The molecule has 2 aliphatic rings. The Morgan fingerprint density at radius 1 is 1.19 bits per heavy atom. The van der Waals surface area contributed by atoms with Crippen LogP contribution in [0.2, 0.25) is 0 Å². The zero-order valence-corrected chi connectivity index (χ0v) is 20.9. The minimum absolute atomic E-state index is 0.0697. The average Bonchev–Trinajstić information content (AvgIpc) is 2.78. The molecule has 0 amide bonds. The Bertz CT molecular complexity index is 820. The fourth-order valence-electron chi connectivity index (χ4n) is 5.58. The lowest BCUT2D eigenvalue weighted by Crippen LogP contribution is -2.46. The largest absolute Gasteiger partial charge is 0.500 e. The van der Waals surface area contributed by atoms with E-state index < -0.39 is 5.41 Å². The smallest absolute Gasteiger partial charge is 0.323 e. The Balaban J connectivity index is 1.90. The highest BCUT2D eigenvalue weighted by molar-refractivity contribution is 5.83. The second kappa shape index (κ2) is 10.3. The van der Waals surface area contributed by atoms with Gasteiger partial charge in [0.1, 0.15) is 17.3 Å². The van der Waals surface area contributed by atoms with Gasteiger partial charge in [0.2, 0.25) is 0 Å². The van der Waals surface area contributed by atoms with E-state index in [1.54, 1.807) is 7.11 Å². The minimum atomic E-state index is -0.806. The molecule has 2 aliphatic carbocycles. The van der Waals surface area contributed by atoms with Crippen molar-refractivity contribution in [2.75, 3.05) is 7.11 Å². The molecular weight excluding hydrogens is 396 g/mol. The maximum Gasteiger partial charge on any atom is 0.323 e. The van der Waals surface area contributed by atoms with Crippen LogP contribution in [0.5, 0.6) is 0 Å². The highest BCUT2D eigenvalue weighted by Gasteiger charge is 2.48. The van der Waals surface area contributed by atoms with Crippen molar-refractivity contribution in [2.45, 2.75) is 84.7 Å². The molecule has 0 radical (unpaired) electrons. The van der Waals surface area contributed by atoms with E-state index in [1.807, 2.05) is 12.2 Å². The number of hydrogen-bond acceptors (Lipinski definition) is 3. The van der Waals surface area contributed by atoms with Crippen LogP contribution >= 0.6 is 0 Å². The predicted molar refractivity (Wildman–Crippen MR) is 131 cm³/mol. The normalized spacial score (nSPS) is 28.3. The molecule has 32 heavy (non-hydrogen) atoms. The summed E-state index contributed by atoms with van der Waals surface area (Å²) < 4.78 is 12.2. The van der Waals surface area contributed by atoms with Gasteiger partial charge in [-0.25, -0.2) is 0 Å². The summed E-state index contributed by atoms with van der Waals surface area (Å²) in [4.78, 5) is 13.9. The molecule has 1 aromatic rings. The lowest BCUT2D eigenvalue weighted by molar-refractivity contribution is -0.166. The van der Waals surface area contributed by atoms with Crippen LogP contribution in [0.3, 0.4) is 0 Å². The van der Waals surface area contributed by atoms with Gasteiger partial charge in [0.05, 0.1) is 7.11 Å². The monoisotopic (exact) mass is 438 g/mol. The molecule has 0 aliphatic heterocycles.